The third-order valence-electron chi connectivity index (χ3n) is 9.76. The van der Waals surface area contributed by atoms with Gasteiger partial charge in [0.2, 0.25) is 35.4 Å². The van der Waals surface area contributed by atoms with Crippen LogP contribution < -0.4 is 43.8 Å². The molecule has 3 aromatic carbocycles. The molecule has 16 nitrogen and oxygen atoms in total. The number of aliphatic hydroxyl groups excluding tert-OH is 1. The Morgan fingerprint density at radius 1 is 0.661 bits per heavy atom. The van der Waals surface area contributed by atoms with Gasteiger partial charge < -0.3 is 53.9 Å². The van der Waals surface area contributed by atoms with Crippen LogP contribution in [0.15, 0.2) is 91.1 Å². The number of hydrogen-bond acceptors (Lipinski definition) is 10. The fourth-order valence-corrected chi connectivity index (χ4v) is 6.64. The molecule has 0 radical (unpaired) electrons. The third kappa shape index (κ3) is 14.0. The van der Waals surface area contributed by atoms with Gasteiger partial charge >= 0.3 is 0 Å². The Hall–Kier alpha value is -5.75. The average molecular weight is 830 g/mol. The van der Waals surface area contributed by atoms with Gasteiger partial charge in [0.05, 0.1) is 12.1 Å². The summed E-state index contributed by atoms with van der Waals surface area (Å²) >= 11 is 4.12. The zero-order valence-corrected chi connectivity index (χ0v) is 33.8. The summed E-state index contributed by atoms with van der Waals surface area (Å²) in [5.41, 5.74) is 20.0. The molecule has 0 unspecified atom stereocenters. The molecule has 4 aromatic rings. The number of H-pyrrole nitrogens is 1. The van der Waals surface area contributed by atoms with Crippen LogP contribution in [-0.4, -0.2) is 100 Å². The van der Waals surface area contributed by atoms with Gasteiger partial charge in [0.1, 0.15) is 30.2 Å². The molecule has 6 amide bonds. The zero-order chi connectivity index (χ0) is 42.9. The normalized spacial score (nSPS) is 14.7. The van der Waals surface area contributed by atoms with E-state index in [1.54, 1.807) is 54.7 Å². The van der Waals surface area contributed by atoms with Crippen LogP contribution in [0.25, 0.3) is 10.9 Å². The van der Waals surface area contributed by atoms with Gasteiger partial charge in [0.15, 0.2) is 0 Å². The minimum Gasteiger partial charge on any atom is -0.391 e. The van der Waals surface area contributed by atoms with E-state index in [4.69, 9.17) is 17.2 Å². The van der Waals surface area contributed by atoms with E-state index >= 15 is 0 Å². The highest BCUT2D eigenvalue weighted by molar-refractivity contribution is 7.80. The number of aliphatic hydroxyl groups is 1. The lowest BCUT2D eigenvalue weighted by molar-refractivity contribution is -0.135. The summed E-state index contributed by atoms with van der Waals surface area (Å²) in [7, 11) is 0. The summed E-state index contributed by atoms with van der Waals surface area (Å²) in [6, 6.07) is 18.1. The molecule has 0 aliphatic rings. The van der Waals surface area contributed by atoms with E-state index in [1.165, 1.54) is 6.92 Å². The van der Waals surface area contributed by atoms with Crippen molar-refractivity contribution in [3.63, 3.8) is 0 Å². The summed E-state index contributed by atoms with van der Waals surface area (Å²) in [6.45, 7) is 1.62. The molecule has 13 N–H and O–H groups in total. The first-order valence-electron chi connectivity index (χ1n) is 19.5. The first-order valence-corrected chi connectivity index (χ1v) is 20.1. The van der Waals surface area contributed by atoms with E-state index in [9.17, 15) is 33.9 Å². The maximum atomic E-state index is 14.5. The molecule has 0 saturated carbocycles. The van der Waals surface area contributed by atoms with Crippen molar-refractivity contribution in [1.29, 1.82) is 0 Å². The molecule has 0 bridgehead atoms. The number of primary amides is 1. The number of nitrogens with one attached hydrogen (secondary N) is 6. The van der Waals surface area contributed by atoms with Gasteiger partial charge in [0, 0.05) is 42.1 Å². The summed E-state index contributed by atoms with van der Waals surface area (Å²) in [5, 5.41) is 24.4. The third-order valence-corrected chi connectivity index (χ3v) is 10.2. The Morgan fingerprint density at radius 3 is 1.64 bits per heavy atom. The molecule has 316 valence electrons. The highest BCUT2D eigenvalue weighted by Gasteiger charge is 2.34. The number of benzene rings is 3. The Morgan fingerprint density at radius 2 is 1.14 bits per heavy atom. The topological polar surface area (TPSA) is 277 Å². The van der Waals surface area contributed by atoms with Crippen molar-refractivity contribution < 1.29 is 33.9 Å². The highest BCUT2D eigenvalue weighted by atomic mass is 32.1. The van der Waals surface area contributed by atoms with E-state index in [-0.39, 0.29) is 31.4 Å². The number of thiol groups is 1. The molecule has 0 fully saturated rings. The lowest BCUT2D eigenvalue weighted by atomic mass is 10.00. The second kappa shape index (κ2) is 23.0. The number of aromatic amines is 1. The number of aromatic nitrogens is 1. The average Bonchev–Trinajstić information content (AvgIpc) is 3.64. The molecule has 7 atom stereocenters. The predicted octanol–water partition coefficient (Wildman–Crippen LogP) is -0.128. The van der Waals surface area contributed by atoms with Crippen molar-refractivity contribution in [2.45, 2.75) is 87.8 Å². The van der Waals surface area contributed by atoms with Crippen molar-refractivity contribution in [3.05, 3.63) is 108 Å². The van der Waals surface area contributed by atoms with Gasteiger partial charge in [-0.2, -0.15) is 12.6 Å². The van der Waals surface area contributed by atoms with Gasteiger partial charge in [-0.3, -0.25) is 28.8 Å². The molecule has 0 spiro atoms. The van der Waals surface area contributed by atoms with Gasteiger partial charge in [-0.05, 0) is 55.5 Å². The SMILES string of the molecule is C[C@@H](O)[C@H](NC(=O)[C@H](CCCCN)NC(=O)[C@@H](Cc1c[nH]c2ccccc12)NC(=O)[C@H](Cc1ccccc1)NC(=O)[C@H](Cc1ccccc1)NC(=O)[C@@H](N)CS)C(N)=O. The van der Waals surface area contributed by atoms with Gasteiger partial charge in [-0.15, -0.1) is 0 Å². The lowest BCUT2D eigenvalue weighted by Gasteiger charge is -2.28. The van der Waals surface area contributed by atoms with Crippen LogP contribution >= 0.6 is 12.6 Å². The number of unbranched alkanes of at least 4 members (excludes halogenated alkanes) is 1. The highest BCUT2D eigenvalue weighted by Crippen LogP contribution is 2.20. The molecule has 0 saturated heterocycles. The summed E-state index contributed by atoms with van der Waals surface area (Å²) in [4.78, 5) is 84.6. The number of hydrogen-bond donors (Lipinski definition) is 11. The van der Waals surface area contributed by atoms with Crippen LogP contribution in [0.3, 0.4) is 0 Å². The zero-order valence-electron chi connectivity index (χ0n) is 32.9. The minimum absolute atomic E-state index is 0.0139. The van der Waals surface area contributed by atoms with Crippen molar-refractivity contribution >= 4 is 59.0 Å². The lowest BCUT2D eigenvalue weighted by Crippen LogP contribution is -2.61. The Balaban J connectivity index is 1.67. The van der Waals surface area contributed by atoms with E-state index in [1.807, 2.05) is 36.4 Å². The number of para-hydroxylation sites is 1. The summed E-state index contributed by atoms with van der Waals surface area (Å²) in [6.07, 6.45) is 1.54. The molecule has 17 heteroatoms. The van der Waals surface area contributed by atoms with Gasteiger partial charge in [0.25, 0.3) is 0 Å². The number of nitrogens with two attached hydrogens (primary N) is 3. The van der Waals surface area contributed by atoms with Crippen molar-refractivity contribution in [2.24, 2.45) is 17.2 Å². The van der Waals surface area contributed by atoms with Crippen LogP contribution in [0, 0.1) is 0 Å². The number of amides is 6. The largest absolute Gasteiger partial charge is 0.391 e. The molecule has 59 heavy (non-hydrogen) atoms. The first-order chi connectivity index (χ1) is 28.3. The Bertz CT molecular complexity index is 2010. The minimum atomic E-state index is -1.43. The quantitative estimate of drug-likeness (QED) is 0.0351. The molecular weight excluding hydrogens is 775 g/mol. The van der Waals surface area contributed by atoms with Crippen molar-refractivity contribution in [2.75, 3.05) is 12.3 Å². The predicted molar refractivity (Wildman–Crippen MR) is 228 cm³/mol. The number of rotatable bonds is 23. The van der Waals surface area contributed by atoms with Crippen molar-refractivity contribution in [1.82, 2.24) is 31.6 Å². The van der Waals surface area contributed by atoms with E-state index < -0.39 is 77.8 Å². The molecule has 1 heterocycles. The van der Waals surface area contributed by atoms with E-state index in [0.717, 1.165) is 16.5 Å². The molecular formula is C42H55N9O7S. The van der Waals surface area contributed by atoms with E-state index in [0.29, 0.717) is 30.5 Å². The van der Waals surface area contributed by atoms with Gasteiger partial charge in [-0.1, -0.05) is 78.9 Å². The molecule has 0 aliphatic carbocycles. The smallest absolute Gasteiger partial charge is 0.243 e. The standard InChI is InChI=1S/C42H55N9O7S/c1-25(52)36(37(45)53)51-39(55)32(18-10-11-19-43)47-42(58)35(22-28-23-46-31-17-9-8-16-29(28)31)50-41(57)34(21-27-14-6-3-7-15-27)49-40(56)33(48-38(54)30(44)24-59)20-26-12-4-2-5-13-26/h2-9,12-17,23,25,30,32-36,46,52,59H,10-11,18-22,24,43-44H2,1H3,(H2,45,53)(H,47,58)(H,48,54)(H,49,56)(H,50,57)(H,51,55)/t25-,30+,32+,33+,34+,35-,36+/m1/s1. The number of carbonyl (C=O) groups excluding carboxylic acids is 6. The van der Waals surface area contributed by atoms with Crippen LogP contribution in [0.2, 0.25) is 0 Å². The summed E-state index contributed by atoms with van der Waals surface area (Å²) in [5.74, 6) is -4.42. The maximum absolute atomic E-state index is 14.5. The first kappa shape index (κ1) is 45.9. The fourth-order valence-electron chi connectivity index (χ4n) is 6.47. The van der Waals surface area contributed by atoms with Crippen molar-refractivity contribution in [3.8, 4) is 0 Å². The van der Waals surface area contributed by atoms with E-state index in [2.05, 4.69) is 44.2 Å². The Labute approximate surface area is 348 Å². The number of fused-ring (bicyclic) bond motifs is 1. The second-order valence-electron chi connectivity index (χ2n) is 14.4. The van der Waals surface area contributed by atoms with Crippen LogP contribution in [0.1, 0.15) is 42.9 Å². The molecule has 0 aliphatic heterocycles. The molecule has 1 aromatic heterocycles. The maximum Gasteiger partial charge on any atom is 0.243 e. The number of carbonyl (C=O) groups is 6. The molecule has 4 rings (SSSR count). The van der Waals surface area contributed by atoms with Crippen LogP contribution in [0.5, 0.6) is 0 Å². The summed E-state index contributed by atoms with van der Waals surface area (Å²) < 4.78 is 0. The Kier molecular flexibility index (Phi) is 17.9. The second-order valence-corrected chi connectivity index (χ2v) is 14.8. The van der Waals surface area contributed by atoms with Gasteiger partial charge in [-0.25, -0.2) is 0 Å². The van der Waals surface area contributed by atoms with Crippen LogP contribution in [-0.2, 0) is 48.0 Å². The fraction of sp³-hybridized carbons (Fsp3) is 0.381. The monoisotopic (exact) mass is 829 g/mol. The van der Waals surface area contributed by atoms with Crippen LogP contribution in [0.4, 0.5) is 0 Å².